The third-order valence-electron chi connectivity index (χ3n) is 2.47. The quantitative estimate of drug-likeness (QED) is 0.744. The highest BCUT2D eigenvalue weighted by Crippen LogP contribution is 2.08. The number of aliphatic hydroxyl groups is 1. The number of carbonyl (C=O) groups excluding carboxylic acids is 1. The fourth-order valence-corrected chi connectivity index (χ4v) is 2.29. The van der Waals surface area contributed by atoms with Crippen molar-refractivity contribution in [3.63, 3.8) is 0 Å². The Hall–Kier alpha value is -0.620. The van der Waals surface area contributed by atoms with Crippen LogP contribution in [0.15, 0.2) is 16.8 Å². The molecule has 0 unspecified atom stereocenters. The highest BCUT2D eigenvalue weighted by atomic mass is 35.5. The molecule has 0 spiro atoms. The standard InChI is InChI=1S/C10H14N2O2S.ClH/c13-8-3-9(11-5-8)10(14)12-4-7-1-2-15-6-7;/h1-2,6,8-9,11,13H,3-5H2,(H,12,14);1H/t8-,9+;/m0./s1. The first-order valence-corrected chi connectivity index (χ1v) is 5.90. The maximum Gasteiger partial charge on any atom is 0.237 e. The fourth-order valence-electron chi connectivity index (χ4n) is 1.62. The lowest BCUT2D eigenvalue weighted by Gasteiger charge is -2.09. The zero-order chi connectivity index (χ0) is 10.7. The van der Waals surface area contributed by atoms with Crippen molar-refractivity contribution in [1.29, 1.82) is 0 Å². The third kappa shape index (κ3) is 3.45. The van der Waals surface area contributed by atoms with Gasteiger partial charge in [0, 0.05) is 13.1 Å². The van der Waals surface area contributed by atoms with E-state index in [1.54, 1.807) is 11.3 Å². The first-order valence-electron chi connectivity index (χ1n) is 4.96. The summed E-state index contributed by atoms with van der Waals surface area (Å²) in [6.45, 7) is 1.08. The molecule has 0 radical (unpaired) electrons. The van der Waals surface area contributed by atoms with Crippen LogP contribution in [0.25, 0.3) is 0 Å². The number of nitrogens with one attached hydrogen (secondary N) is 2. The lowest BCUT2D eigenvalue weighted by molar-refractivity contribution is -0.123. The van der Waals surface area contributed by atoms with Gasteiger partial charge < -0.3 is 15.7 Å². The molecule has 90 valence electrons. The van der Waals surface area contributed by atoms with Gasteiger partial charge >= 0.3 is 0 Å². The van der Waals surface area contributed by atoms with E-state index in [1.807, 2.05) is 16.8 Å². The van der Waals surface area contributed by atoms with E-state index in [2.05, 4.69) is 10.6 Å². The molecule has 1 amide bonds. The van der Waals surface area contributed by atoms with Crippen molar-refractivity contribution in [2.45, 2.75) is 25.1 Å². The number of hydrogen-bond acceptors (Lipinski definition) is 4. The number of amides is 1. The largest absolute Gasteiger partial charge is 0.392 e. The summed E-state index contributed by atoms with van der Waals surface area (Å²) in [6.07, 6.45) is 0.122. The van der Waals surface area contributed by atoms with Crippen LogP contribution in [0.5, 0.6) is 0 Å². The fraction of sp³-hybridized carbons (Fsp3) is 0.500. The van der Waals surface area contributed by atoms with Crippen LogP contribution in [0.3, 0.4) is 0 Å². The molecule has 0 bridgehead atoms. The van der Waals surface area contributed by atoms with E-state index < -0.39 is 0 Å². The van der Waals surface area contributed by atoms with Crippen LogP contribution < -0.4 is 10.6 Å². The molecule has 16 heavy (non-hydrogen) atoms. The van der Waals surface area contributed by atoms with Gasteiger partial charge in [-0.2, -0.15) is 11.3 Å². The average molecular weight is 263 g/mol. The molecule has 0 aromatic carbocycles. The van der Waals surface area contributed by atoms with Gasteiger partial charge in [0.05, 0.1) is 12.1 Å². The smallest absolute Gasteiger partial charge is 0.237 e. The summed E-state index contributed by atoms with van der Waals surface area (Å²) in [4.78, 5) is 11.6. The molecule has 6 heteroatoms. The Labute approximate surface area is 104 Å². The number of halogens is 1. The van der Waals surface area contributed by atoms with Crippen LogP contribution in [-0.2, 0) is 11.3 Å². The number of thiophene rings is 1. The molecule has 1 fully saturated rings. The first-order chi connectivity index (χ1) is 7.25. The minimum Gasteiger partial charge on any atom is -0.392 e. The molecule has 2 heterocycles. The Balaban J connectivity index is 0.00000128. The van der Waals surface area contributed by atoms with Crippen LogP contribution in [0, 0.1) is 0 Å². The molecular formula is C10H15ClN2O2S. The molecule has 2 atom stereocenters. The summed E-state index contributed by atoms with van der Waals surface area (Å²) < 4.78 is 0. The molecular weight excluding hydrogens is 248 g/mol. The zero-order valence-corrected chi connectivity index (χ0v) is 10.3. The first kappa shape index (κ1) is 13.4. The second-order valence-corrected chi connectivity index (χ2v) is 4.48. The monoisotopic (exact) mass is 262 g/mol. The van der Waals surface area contributed by atoms with Crippen LogP contribution in [0.1, 0.15) is 12.0 Å². The number of β-amino-alcohol motifs (C(OH)–C–C–N with tert-alkyl or cyclic N) is 1. The third-order valence-corrected chi connectivity index (χ3v) is 3.20. The Morgan fingerprint density at radius 1 is 1.69 bits per heavy atom. The topological polar surface area (TPSA) is 61.4 Å². The molecule has 0 saturated carbocycles. The Kier molecular flexibility index (Phi) is 5.21. The van der Waals surface area contributed by atoms with E-state index in [-0.39, 0.29) is 30.5 Å². The van der Waals surface area contributed by atoms with E-state index >= 15 is 0 Å². The van der Waals surface area contributed by atoms with Gasteiger partial charge in [0.15, 0.2) is 0 Å². The summed E-state index contributed by atoms with van der Waals surface area (Å²) in [5, 5.41) is 19.1. The Morgan fingerprint density at radius 2 is 2.50 bits per heavy atom. The lowest BCUT2D eigenvalue weighted by Crippen LogP contribution is -2.39. The number of rotatable bonds is 3. The number of aliphatic hydroxyl groups excluding tert-OH is 1. The van der Waals surface area contributed by atoms with Gasteiger partial charge in [0.25, 0.3) is 0 Å². The minimum atomic E-state index is -0.387. The predicted octanol–water partition coefficient (Wildman–Crippen LogP) is 0.509. The van der Waals surface area contributed by atoms with Crippen molar-refractivity contribution in [2.75, 3.05) is 6.54 Å². The molecule has 1 aromatic rings. The maximum absolute atomic E-state index is 11.6. The molecule has 0 aliphatic carbocycles. The van der Waals surface area contributed by atoms with Gasteiger partial charge in [0.2, 0.25) is 5.91 Å². The predicted molar refractivity (Wildman–Crippen MR) is 65.8 cm³/mol. The Morgan fingerprint density at radius 3 is 3.06 bits per heavy atom. The molecule has 1 saturated heterocycles. The van der Waals surface area contributed by atoms with Crippen molar-refractivity contribution in [1.82, 2.24) is 10.6 Å². The van der Waals surface area contributed by atoms with Crippen molar-refractivity contribution in [3.8, 4) is 0 Å². The van der Waals surface area contributed by atoms with Crippen molar-refractivity contribution >= 4 is 29.7 Å². The summed E-state index contributed by atoms with van der Waals surface area (Å²) >= 11 is 1.62. The molecule has 3 N–H and O–H groups in total. The lowest BCUT2D eigenvalue weighted by atomic mass is 10.2. The summed E-state index contributed by atoms with van der Waals surface area (Å²) in [5.74, 6) is -0.0299. The molecule has 4 nitrogen and oxygen atoms in total. The van der Waals surface area contributed by atoms with E-state index in [4.69, 9.17) is 0 Å². The molecule has 1 aliphatic heterocycles. The van der Waals surface area contributed by atoms with E-state index in [0.717, 1.165) is 5.56 Å². The summed E-state index contributed by atoms with van der Waals surface area (Å²) in [5.41, 5.74) is 1.12. The van der Waals surface area contributed by atoms with E-state index in [1.165, 1.54) is 0 Å². The van der Waals surface area contributed by atoms with Gasteiger partial charge in [-0.05, 0) is 28.8 Å². The van der Waals surface area contributed by atoms with E-state index in [9.17, 15) is 9.90 Å². The zero-order valence-electron chi connectivity index (χ0n) is 8.68. The average Bonchev–Trinajstić information content (AvgIpc) is 2.84. The normalized spacial score (nSPS) is 23.8. The second-order valence-electron chi connectivity index (χ2n) is 3.70. The maximum atomic E-state index is 11.6. The summed E-state index contributed by atoms with van der Waals surface area (Å²) in [7, 11) is 0. The van der Waals surface area contributed by atoms with Crippen molar-refractivity contribution in [2.24, 2.45) is 0 Å². The number of carbonyl (C=O) groups is 1. The van der Waals surface area contributed by atoms with E-state index in [0.29, 0.717) is 19.5 Å². The highest BCUT2D eigenvalue weighted by molar-refractivity contribution is 7.07. The van der Waals surface area contributed by atoms with Gasteiger partial charge in [-0.15, -0.1) is 12.4 Å². The minimum absolute atomic E-state index is 0. The Bertz CT molecular complexity index is 332. The number of hydrogen-bond donors (Lipinski definition) is 3. The SMILES string of the molecule is Cl.O=C(NCc1ccsc1)[C@H]1C[C@H](O)CN1. The van der Waals surface area contributed by atoms with Gasteiger partial charge in [-0.3, -0.25) is 4.79 Å². The molecule has 1 aromatic heterocycles. The van der Waals surface area contributed by atoms with Gasteiger partial charge in [-0.1, -0.05) is 0 Å². The van der Waals surface area contributed by atoms with Crippen molar-refractivity contribution in [3.05, 3.63) is 22.4 Å². The summed E-state index contributed by atoms with van der Waals surface area (Å²) in [6, 6.07) is 1.75. The van der Waals surface area contributed by atoms with Gasteiger partial charge in [-0.25, -0.2) is 0 Å². The van der Waals surface area contributed by atoms with Gasteiger partial charge in [0.1, 0.15) is 0 Å². The second kappa shape index (κ2) is 6.20. The van der Waals surface area contributed by atoms with Crippen molar-refractivity contribution < 1.29 is 9.90 Å². The van der Waals surface area contributed by atoms with Crippen LogP contribution in [0.4, 0.5) is 0 Å². The molecule has 2 rings (SSSR count). The molecule has 1 aliphatic rings. The van der Waals surface area contributed by atoms with Crippen LogP contribution in [-0.4, -0.2) is 29.7 Å². The van der Waals surface area contributed by atoms with Crippen LogP contribution in [0.2, 0.25) is 0 Å². The highest BCUT2D eigenvalue weighted by Gasteiger charge is 2.27. The van der Waals surface area contributed by atoms with Crippen LogP contribution >= 0.6 is 23.7 Å².